The third-order valence-corrected chi connectivity index (χ3v) is 5.85. The lowest BCUT2D eigenvalue weighted by atomic mass is 9.94. The summed E-state index contributed by atoms with van der Waals surface area (Å²) in [4.78, 5) is 28.4. The normalized spacial score (nSPS) is 15.5. The van der Waals surface area contributed by atoms with Gasteiger partial charge in [0.05, 0.1) is 30.7 Å². The van der Waals surface area contributed by atoms with Gasteiger partial charge in [0.1, 0.15) is 11.8 Å². The monoisotopic (exact) mass is 424 g/mol. The van der Waals surface area contributed by atoms with E-state index in [0.717, 1.165) is 43.0 Å². The maximum atomic E-state index is 13.5. The number of aromatic nitrogens is 2. The smallest absolute Gasteiger partial charge is 0.276 e. The van der Waals surface area contributed by atoms with Gasteiger partial charge < -0.3 is 14.6 Å². The van der Waals surface area contributed by atoms with Crippen molar-refractivity contribution < 1.29 is 14.0 Å². The second kappa shape index (κ2) is 9.67. The van der Waals surface area contributed by atoms with Crippen molar-refractivity contribution in [1.29, 1.82) is 0 Å². The maximum Gasteiger partial charge on any atom is 0.276 e. The van der Waals surface area contributed by atoms with Crippen LogP contribution in [0, 0.1) is 0 Å². The van der Waals surface area contributed by atoms with Crippen LogP contribution >= 0.6 is 11.7 Å². The molecule has 0 spiro atoms. The first-order valence-corrected chi connectivity index (χ1v) is 10.9. The van der Waals surface area contributed by atoms with Crippen molar-refractivity contribution in [2.24, 2.45) is 0 Å². The number of hydrogen-bond donors (Lipinski definition) is 1. The van der Waals surface area contributed by atoms with Crippen LogP contribution < -0.4 is 5.32 Å². The molecule has 1 fully saturated rings. The Bertz CT molecular complexity index is 938. The molecule has 0 bridgehead atoms. The summed E-state index contributed by atoms with van der Waals surface area (Å²) >= 11 is 0.966. The van der Waals surface area contributed by atoms with Crippen molar-refractivity contribution >= 4 is 23.5 Å². The molecule has 30 heavy (non-hydrogen) atoms. The molecular formula is C22H24N4O3S. The summed E-state index contributed by atoms with van der Waals surface area (Å²) in [6, 6.07) is 12.3. The minimum absolute atomic E-state index is 0.138. The topological polar surface area (TPSA) is 88.3 Å². The predicted molar refractivity (Wildman–Crippen MR) is 113 cm³/mol. The zero-order valence-electron chi connectivity index (χ0n) is 16.6. The van der Waals surface area contributed by atoms with Crippen LogP contribution in [-0.4, -0.2) is 31.5 Å². The quantitative estimate of drug-likeness (QED) is 0.620. The lowest BCUT2D eigenvalue weighted by molar-refractivity contribution is -0.127. The van der Waals surface area contributed by atoms with E-state index in [4.69, 9.17) is 4.42 Å². The van der Waals surface area contributed by atoms with Crippen LogP contribution in [-0.2, 0) is 11.3 Å². The van der Waals surface area contributed by atoms with Gasteiger partial charge in [0, 0.05) is 6.04 Å². The fourth-order valence-electron chi connectivity index (χ4n) is 3.89. The molecule has 1 atom stereocenters. The van der Waals surface area contributed by atoms with Crippen molar-refractivity contribution in [3.05, 3.63) is 71.9 Å². The second-order valence-electron chi connectivity index (χ2n) is 7.46. The van der Waals surface area contributed by atoms with E-state index in [-0.39, 0.29) is 30.1 Å². The van der Waals surface area contributed by atoms with Gasteiger partial charge in [0.2, 0.25) is 5.91 Å². The van der Waals surface area contributed by atoms with Crippen molar-refractivity contribution in [3.8, 4) is 0 Å². The van der Waals surface area contributed by atoms with E-state index in [0.29, 0.717) is 5.76 Å². The number of carbonyl (C=O) groups excluding carboxylic acids is 2. The molecule has 2 amide bonds. The van der Waals surface area contributed by atoms with E-state index in [1.165, 1.54) is 17.5 Å². The standard InChI is InChI=1S/C22H24N4O3S/c27-21(24-17-10-5-2-6-11-17)20(16-8-3-1-4-9-16)26(15-18-12-7-13-29-18)22(28)19-14-23-30-25-19/h1,3-4,7-9,12-14,17,20H,2,5-6,10-11,15H2,(H,24,27). The highest BCUT2D eigenvalue weighted by atomic mass is 32.1. The number of rotatable bonds is 7. The third-order valence-electron chi connectivity index (χ3n) is 5.37. The molecule has 7 nitrogen and oxygen atoms in total. The minimum atomic E-state index is -0.799. The summed E-state index contributed by atoms with van der Waals surface area (Å²) in [7, 11) is 0. The zero-order chi connectivity index (χ0) is 20.8. The molecule has 8 heteroatoms. The summed E-state index contributed by atoms with van der Waals surface area (Å²) in [6.45, 7) is 0.154. The Balaban J connectivity index is 1.68. The van der Waals surface area contributed by atoms with Gasteiger partial charge in [0.15, 0.2) is 5.69 Å². The van der Waals surface area contributed by atoms with Gasteiger partial charge in [-0.15, -0.1) is 0 Å². The van der Waals surface area contributed by atoms with Crippen LogP contribution in [0.25, 0.3) is 0 Å². The van der Waals surface area contributed by atoms with Gasteiger partial charge >= 0.3 is 0 Å². The summed E-state index contributed by atoms with van der Waals surface area (Å²) in [5.74, 6) is 0.0573. The van der Waals surface area contributed by atoms with E-state index in [1.54, 1.807) is 18.4 Å². The van der Waals surface area contributed by atoms with Crippen molar-refractivity contribution in [3.63, 3.8) is 0 Å². The molecule has 1 unspecified atom stereocenters. The molecule has 0 saturated heterocycles. The lowest BCUT2D eigenvalue weighted by Gasteiger charge is -2.32. The van der Waals surface area contributed by atoms with Crippen LogP contribution in [0.3, 0.4) is 0 Å². The zero-order valence-corrected chi connectivity index (χ0v) is 17.4. The first-order chi connectivity index (χ1) is 14.7. The van der Waals surface area contributed by atoms with Crippen LogP contribution in [0.15, 0.2) is 59.3 Å². The first-order valence-electron chi connectivity index (χ1n) is 10.2. The van der Waals surface area contributed by atoms with Crippen molar-refractivity contribution in [2.75, 3.05) is 0 Å². The minimum Gasteiger partial charge on any atom is -0.467 e. The lowest BCUT2D eigenvalue weighted by Crippen LogP contribution is -2.46. The SMILES string of the molecule is O=C(NC1CCCCC1)C(c1ccccc1)N(Cc1ccco1)C(=O)c1cnsn1. The Labute approximate surface area is 179 Å². The molecule has 0 aliphatic heterocycles. The van der Waals surface area contributed by atoms with E-state index >= 15 is 0 Å². The molecule has 156 valence electrons. The Morgan fingerprint density at radius 3 is 2.60 bits per heavy atom. The number of nitrogens with zero attached hydrogens (tertiary/aromatic N) is 3. The van der Waals surface area contributed by atoms with Crippen molar-refractivity contribution in [1.82, 2.24) is 19.0 Å². The number of nitrogens with one attached hydrogen (secondary N) is 1. The number of hydrogen-bond acceptors (Lipinski definition) is 6. The highest BCUT2D eigenvalue weighted by molar-refractivity contribution is 6.99. The van der Waals surface area contributed by atoms with Crippen LogP contribution in [0.2, 0.25) is 0 Å². The van der Waals surface area contributed by atoms with Gasteiger partial charge in [-0.3, -0.25) is 9.59 Å². The summed E-state index contributed by atoms with van der Waals surface area (Å²) in [5.41, 5.74) is 0.965. The summed E-state index contributed by atoms with van der Waals surface area (Å²) < 4.78 is 13.5. The Hall–Kier alpha value is -3.00. The second-order valence-corrected chi connectivity index (χ2v) is 8.02. The highest BCUT2D eigenvalue weighted by Gasteiger charge is 2.34. The molecule has 1 aliphatic rings. The average molecular weight is 425 g/mol. The molecular weight excluding hydrogens is 400 g/mol. The molecule has 1 aromatic carbocycles. The Morgan fingerprint density at radius 1 is 1.13 bits per heavy atom. The van der Waals surface area contributed by atoms with Gasteiger partial charge in [-0.2, -0.15) is 8.75 Å². The molecule has 2 aromatic heterocycles. The number of carbonyl (C=O) groups is 2. The van der Waals surface area contributed by atoms with Gasteiger partial charge in [-0.25, -0.2) is 0 Å². The Morgan fingerprint density at radius 2 is 1.93 bits per heavy atom. The number of furan rings is 1. The van der Waals surface area contributed by atoms with E-state index in [1.807, 2.05) is 30.3 Å². The molecule has 3 aromatic rings. The maximum absolute atomic E-state index is 13.5. The van der Waals surface area contributed by atoms with E-state index in [2.05, 4.69) is 14.1 Å². The summed E-state index contributed by atoms with van der Waals surface area (Å²) in [5, 5.41) is 3.18. The van der Waals surface area contributed by atoms with Gasteiger partial charge in [-0.1, -0.05) is 49.6 Å². The van der Waals surface area contributed by atoms with Crippen LogP contribution in [0.4, 0.5) is 0 Å². The molecule has 1 saturated carbocycles. The van der Waals surface area contributed by atoms with Crippen LogP contribution in [0.5, 0.6) is 0 Å². The van der Waals surface area contributed by atoms with E-state index in [9.17, 15) is 9.59 Å². The van der Waals surface area contributed by atoms with Gasteiger partial charge in [-0.05, 0) is 30.5 Å². The average Bonchev–Trinajstić information content (AvgIpc) is 3.49. The third kappa shape index (κ3) is 4.76. The molecule has 1 N–H and O–H groups in total. The molecule has 0 radical (unpaired) electrons. The van der Waals surface area contributed by atoms with E-state index < -0.39 is 6.04 Å². The molecule has 1 aliphatic carbocycles. The van der Waals surface area contributed by atoms with Crippen LogP contribution in [0.1, 0.15) is 60.0 Å². The fraction of sp³-hybridized carbons (Fsp3) is 0.364. The number of benzene rings is 1. The Kier molecular flexibility index (Phi) is 6.53. The molecule has 2 heterocycles. The largest absolute Gasteiger partial charge is 0.467 e. The van der Waals surface area contributed by atoms with Crippen molar-refractivity contribution in [2.45, 2.75) is 50.7 Å². The predicted octanol–water partition coefficient (Wildman–Crippen LogP) is 3.96. The van der Waals surface area contributed by atoms with Gasteiger partial charge in [0.25, 0.3) is 5.91 Å². The fourth-order valence-corrected chi connectivity index (χ4v) is 4.30. The highest BCUT2D eigenvalue weighted by Crippen LogP contribution is 2.27. The first kappa shape index (κ1) is 20.3. The molecule has 4 rings (SSSR count). The summed E-state index contributed by atoms with van der Waals surface area (Å²) in [6.07, 6.45) is 8.35. The number of amides is 2.